The number of carbonyl (C=O) groups excluding carboxylic acids is 2. The van der Waals surface area contributed by atoms with Crippen molar-refractivity contribution in [2.45, 2.75) is 11.7 Å². The highest BCUT2D eigenvalue weighted by molar-refractivity contribution is 7.56. The molecule has 13 heteroatoms. The summed E-state index contributed by atoms with van der Waals surface area (Å²) >= 11 is 5.89. The Morgan fingerprint density at radius 1 is 0.892 bits per heavy atom. The van der Waals surface area contributed by atoms with Crippen molar-refractivity contribution in [1.29, 1.82) is 0 Å². The van der Waals surface area contributed by atoms with Crippen LogP contribution in [0, 0.1) is 10.1 Å². The molecule has 3 aromatic carbocycles. The summed E-state index contributed by atoms with van der Waals surface area (Å²) in [4.78, 5) is 36.6. The number of hydrogen-bond acceptors (Lipinski definition) is 10. The summed E-state index contributed by atoms with van der Waals surface area (Å²) in [6, 6.07) is 17.6. The molecule has 3 rings (SSSR count). The number of para-hydroxylation sites is 2. The summed E-state index contributed by atoms with van der Waals surface area (Å²) in [5.41, 5.74) is -2.37. The maximum absolute atomic E-state index is 14.4. The van der Waals surface area contributed by atoms with Gasteiger partial charge in [0.05, 0.1) is 19.1 Å². The molecule has 194 valence electrons. The molecule has 0 bridgehead atoms. The quantitative estimate of drug-likeness (QED) is 0.149. The van der Waals surface area contributed by atoms with Crippen LogP contribution in [-0.4, -0.2) is 42.8 Å². The van der Waals surface area contributed by atoms with Crippen LogP contribution in [0.2, 0.25) is 5.02 Å². The Labute approximate surface area is 216 Å². The summed E-state index contributed by atoms with van der Waals surface area (Å²) < 4.78 is 35.6. The third-order valence-electron chi connectivity index (χ3n) is 4.97. The predicted octanol–water partition coefficient (Wildman–Crippen LogP) is 5.09. The maximum atomic E-state index is 14.4. The highest BCUT2D eigenvalue weighted by atomic mass is 35.5. The first-order valence-corrected chi connectivity index (χ1v) is 12.6. The Morgan fingerprint density at radius 3 is 1.86 bits per heavy atom. The number of hydrogen-bond donors (Lipinski definition) is 1. The number of nitrogens with one attached hydrogen (secondary N) is 1. The van der Waals surface area contributed by atoms with Gasteiger partial charge in [0.1, 0.15) is 16.5 Å². The van der Waals surface area contributed by atoms with Gasteiger partial charge < -0.3 is 23.8 Å². The number of nitrogens with zero attached hydrogens (tertiary/aromatic N) is 1. The number of esters is 2. The fraction of sp³-hybridized carbons (Fsp3) is 0.167. The third kappa shape index (κ3) is 6.78. The lowest BCUT2D eigenvalue weighted by Gasteiger charge is -2.30. The van der Waals surface area contributed by atoms with Gasteiger partial charge in [0.15, 0.2) is 6.04 Å². The molecule has 37 heavy (non-hydrogen) atoms. The van der Waals surface area contributed by atoms with E-state index in [-0.39, 0.29) is 22.2 Å². The smallest absolute Gasteiger partial charge is 0.447 e. The molecule has 0 heterocycles. The number of carbonyl (C=O) groups is 2. The van der Waals surface area contributed by atoms with E-state index in [2.05, 4.69) is 5.32 Å². The van der Waals surface area contributed by atoms with Crippen LogP contribution in [0.5, 0.6) is 11.5 Å². The van der Waals surface area contributed by atoms with Crippen molar-refractivity contribution >= 4 is 42.5 Å². The number of anilines is 1. The van der Waals surface area contributed by atoms with E-state index in [0.29, 0.717) is 0 Å². The number of ether oxygens (including phenoxy) is 2. The van der Waals surface area contributed by atoms with Crippen molar-refractivity contribution in [2.24, 2.45) is 0 Å². The number of nitro benzene ring substituents is 1. The van der Waals surface area contributed by atoms with Crippen LogP contribution in [0.25, 0.3) is 0 Å². The van der Waals surface area contributed by atoms with Gasteiger partial charge in [0.25, 0.3) is 5.69 Å². The molecule has 0 aliphatic heterocycles. The van der Waals surface area contributed by atoms with Gasteiger partial charge in [-0.2, -0.15) is 0 Å². The van der Waals surface area contributed by atoms with E-state index in [4.69, 9.17) is 30.1 Å². The fourth-order valence-corrected chi connectivity index (χ4v) is 5.48. The number of halogens is 1. The van der Waals surface area contributed by atoms with Gasteiger partial charge in [0.2, 0.25) is 5.66 Å². The molecule has 0 fully saturated rings. The maximum Gasteiger partial charge on any atom is 0.447 e. The summed E-state index contributed by atoms with van der Waals surface area (Å²) in [6.45, 7) is 0. The van der Waals surface area contributed by atoms with Gasteiger partial charge in [-0.1, -0.05) is 48.0 Å². The van der Waals surface area contributed by atoms with E-state index >= 15 is 0 Å². The molecule has 0 aliphatic carbocycles. The predicted molar refractivity (Wildman–Crippen MR) is 135 cm³/mol. The van der Waals surface area contributed by atoms with Crippen LogP contribution in [0.4, 0.5) is 11.4 Å². The minimum absolute atomic E-state index is 0.00590. The molecule has 0 spiro atoms. The molecular formula is C24H22ClN2O9P. The molecule has 3 aromatic rings. The monoisotopic (exact) mass is 548 g/mol. The molecule has 0 unspecified atom stereocenters. The molecule has 2 atom stereocenters. The molecule has 0 saturated carbocycles. The van der Waals surface area contributed by atoms with Crippen LogP contribution in [0.1, 0.15) is 0 Å². The van der Waals surface area contributed by atoms with E-state index in [1.165, 1.54) is 36.4 Å². The lowest BCUT2D eigenvalue weighted by molar-refractivity contribution is -0.384. The van der Waals surface area contributed by atoms with E-state index in [1.807, 2.05) is 0 Å². The van der Waals surface area contributed by atoms with Crippen LogP contribution in [0.3, 0.4) is 0 Å². The molecule has 11 nitrogen and oxygen atoms in total. The third-order valence-corrected chi connectivity index (χ3v) is 7.41. The van der Waals surface area contributed by atoms with E-state index in [0.717, 1.165) is 20.3 Å². The van der Waals surface area contributed by atoms with Gasteiger partial charge in [-0.15, -0.1) is 0 Å². The first-order valence-electron chi connectivity index (χ1n) is 10.6. The van der Waals surface area contributed by atoms with E-state index in [9.17, 15) is 24.3 Å². The summed E-state index contributed by atoms with van der Waals surface area (Å²) in [6.07, 6.45) is 0. The number of rotatable bonds is 11. The first-order chi connectivity index (χ1) is 17.7. The summed E-state index contributed by atoms with van der Waals surface area (Å²) in [5.74, 6) is -1.99. The fourth-order valence-electron chi connectivity index (χ4n) is 3.27. The Bertz CT molecular complexity index is 1260. The number of nitro groups is 1. The highest BCUT2D eigenvalue weighted by Crippen LogP contribution is 2.55. The molecule has 0 radical (unpaired) electrons. The molecule has 0 aliphatic rings. The van der Waals surface area contributed by atoms with Crippen LogP contribution in [-0.2, 0) is 23.6 Å². The Morgan fingerprint density at radius 2 is 1.41 bits per heavy atom. The molecule has 0 saturated heterocycles. The van der Waals surface area contributed by atoms with Crippen molar-refractivity contribution in [1.82, 2.24) is 0 Å². The average molecular weight is 549 g/mol. The average Bonchev–Trinajstić information content (AvgIpc) is 2.89. The largest absolute Gasteiger partial charge is 0.468 e. The Balaban J connectivity index is 2.14. The topological polar surface area (TPSA) is 143 Å². The van der Waals surface area contributed by atoms with E-state index < -0.39 is 41.8 Å². The Hall–Kier alpha value is -4.08. The van der Waals surface area contributed by atoms with E-state index in [1.54, 1.807) is 36.4 Å². The molecule has 0 amide bonds. The minimum atomic E-state index is -4.64. The van der Waals surface area contributed by atoms with Crippen LogP contribution >= 0.6 is 19.2 Å². The minimum Gasteiger partial charge on any atom is -0.468 e. The molecule has 1 N–H and O–H groups in total. The SMILES string of the molecule is COC(=O)[C@H]([C@@H](Nc1ccc(Cl)c([N+](=O)[O-])c1)C(=O)OC)P(=O)(Oc1ccccc1)Oc1ccccc1. The molecule has 0 aromatic heterocycles. The zero-order valence-corrected chi connectivity index (χ0v) is 21.3. The van der Waals surface area contributed by atoms with Crippen molar-refractivity contribution in [2.75, 3.05) is 19.5 Å². The Kier molecular flexibility index (Phi) is 9.10. The van der Waals surface area contributed by atoms with Crippen molar-refractivity contribution in [3.05, 3.63) is 94.0 Å². The van der Waals surface area contributed by atoms with Crippen molar-refractivity contribution in [3.63, 3.8) is 0 Å². The lowest BCUT2D eigenvalue weighted by Crippen LogP contribution is -2.47. The van der Waals surface area contributed by atoms with Crippen LogP contribution in [0.15, 0.2) is 78.9 Å². The van der Waals surface area contributed by atoms with Crippen LogP contribution < -0.4 is 14.4 Å². The normalized spacial score (nSPS) is 12.5. The second-order valence-corrected chi connectivity index (χ2v) is 9.79. The highest BCUT2D eigenvalue weighted by Gasteiger charge is 2.54. The zero-order valence-electron chi connectivity index (χ0n) is 19.6. The first kappa shape index (κ1) is 27.5. The van der Waals surface area contributed by atoms with Gasteiger partial charge in [0, 0.05) is 11.8 Å². The second-order valence-electron chi connectivity index (χ2n) is 7.38. The lowest BCUT2D eigenvalue weighted by atomic mass is 10.1. The van der Waals surface area contributed by atoms with Gasteiger partial charge in [-0.25, -0.2) is 9.36 Å². The molecular weight excluding hydrogens is 527 g/mol. The van der Waals surface area contributed by atoms with Gasteiger partial charge >= 0.3 is 19.5 Å². The summed E-state index contributed by atoms with van der Waals surface area (Å²) in [5, 5.41) is 13.9. The van der Waals surface area contributed by atoms with Gasteiger partial charge in [-0.05, 0) is 36.4 Å². The van der Waals surface area contributed by atoms with Crippen molar-refractivity contribution < 1.29 is 37.6 Å². The summed E-state index contributed by atoms with van der Waals surface area (Å²) in [7, 11) is -2.56. The standard InChI is InChI=1S/C24H22ClN2O9P/c1-33-23(28)21(26-16-13-14-19(25)20(15-16)27(30)31)22(24(29)34-2)37(32,35-17-9-5-3-6-10-17)36-18-11-7-4-8-12-18/h3-15,21-22,26H,1-2H3/t21-,22+/m1/s1. The second kappa shape index (κ2) is 12.2. The van der Waals surface area contributed by atoms with Gasteiger partial charge in [-0.3, -0.25) is 14.9 Å². The van der Waals surface area contributed by atoms with Crippen molar-refractivity contribution in [3.8, 4) is 11.5 Å². The zero-order chi connectivity index (χ0) is 27.0. The number of benzene rings is 3. The number of methoxy groups -OCH3 is 2.